The van der Waals surface area contributed by atoms with Crippen molar-refractivity contribution in [2.75, 3.05) is 19.1 Å². The Kier molecular flexibility index (Phi) is 5.64. The second kappa shape index (κ2) is 8.55. The molecule has 1 aliphatic rings. The molecular formula is C25H20FNO5. The lowest BCUT2D eigenvalue weighted by Gasteiger charge is -2.26. The first-order chi connectivity index (χ1) is 15.5. The lowest BCUT2D eigenvalue weighted by Crippen LogP contribution is -2.29. The Morgan fingerprint density at radius 1 is 0.906 bits per heavy atom. The number of methoxy groups -OCH3 is 2. The van der Waals surface area contributed by atoms with E-state index in [1.807, 2.05) is 0 Å². The lowest BCUT2D eigenvalue weighted by molar-refractivity contribution is -0.132. The van der Waals surface area contributed by atoms with Crippen LogP contribution in [0.3, 0.4) is 0 Å². The minimum absolute atomic E-state index is 0.0898. The monoisotopic (exact) mass is 433 g/mol. The zero-order chi connectivity index (χ0) is 22.8. The van der Waals surface area contributed by atoms with Crippen LogP contribution in [0.2, 0.25) is 0 Å². The number of nitrogens with zero attached hydrogens (tertiary/aromatic N) is 1. The molecule has 1 atom stereocenters. The van der Waals surface area contributed by atoms with Crippen molar-refractivity contribution < 1.29 is 28.6 Å². The zero-order valence-electron chi connectivity index (χ0n) is 17.4. The molecule has 1 heterocycles. The van der Waals surface area contributed by atoms with Gasteiger partial charge in [-0.2, -0.15) is 0 Å². The summed E-state index contributed by atoms with van der Waals surface area (Å²) < 4.78 is 25.2. The van der Waals surface area contributed by atoms with Crippen molar-refractivity contribution in [3.05, 3.63) is 95.3 Å². The minimum Gasteiger partial charge on any atom is -0.507 e. The third kappa shape index (κ3) is 3.58. The van der Waals surface area contributed by atoms with Gasteiger partial charge in [-0.1, -0.05) is 30.3 Å². The average molecular weight is 433 g/mol. The molecular weight excluding hydrogens is 413 g/mol. The van der Waals surface area contributed by atoms with Crippen molar-refractivity contribution in [2.24, 2.45) is 0 Å². The number of hydrogen-bond donors (Lipinski definition) is 1. The van der Waals surface area contributed by atoms with Crippen molar-refractivity contribution in [2.45, 2.75) is 6.04 Å². The quantitative estimate of drug-likeness (QED) is 0.365. The number of aliphatic hydroxyl groups is 1. The number of Topliss-reactive ketones (excluding diaryl/α,β-unsaturated/α-hetero) is 1. The summed E-state index contributed by atoms with van der Waals surface area (Å²) in [5.41, 5.74) is 0.528. The Labute approximate surface area is 184 Å². The van der Waals surface area contributed by atoms with Crippen LogP contribution in [0.15, 0.2) is 78.4 Å². The van der Waals surface area contributed by atoms with Gasteiger partial charge in [0.1, 0.15) is 23.1 Å². The van der Waals surface area contributed by atoms with Gasteiger partial charge in [-0.15, -0.1) is 0 Å². The van der Waals surface area contributed by atoms with E-state index in [0.29, 0.717) is 17.2 Å². The van der Waals surface area contributed by atoms with Gasteiger partial charge in [0.2, 0.25) is 0 Å². The fourth-order valence-electron chi connectivity index (χ4n) is 3.76. The molecule has 3 aromatic carbocycles. The fourth-order valence-corrected chi connectivity index (χ4v) is 3.76. The van der Waals surface area contributed by atoms with Crippen LogP contribution >= 0.6 is 0 Å². The number of ether oxygens (including phenoxy) is 2. The van der Waals surface area contributed by atoms with Crippen molar-refractivity contribution in [1.82, 2.24) is 0 Å². The number of rotatable bonds is 5. The van der Waals surface area contributed by atoms with Crippen LogP contribution in [0.1, 0.15) is 17.2 Å². The van der Waals surface area contributed by atoms with Gasteiger partial charge in [0.25, 0.3) is 11.7 Å². The summed E-state index contributed by atoms with van der Waals surface area (Å²) in [6.45, 7) is 0. The molecule has 1 aliphatic heterocycles. The van der Waals surface area contributed by atoms with E-state index in [9.17, 15) is 19.1 Å². The van der Waals surface area contributed by atoms with E-state index in [1.165, 1.54) is 43.4 Å². The average Bonchev–Trinajstić information content (AvgIpc) is 3.09. The topological polar surface area (TPSA) is 76.1 Å². The van der Waals surface area contributed by atoms with Crippen molar-refractivity contribution in [3.63, 3.8) is 0 Å². The predicted molar refractivity (Wildman–Crippen MR) is 117 cm³/mol. The molecule has 0 saturated carbocycles. The highest BCUT2D eigenvalue weighted by atomic mass is 19.1. The van der Waals surface area contributed by atoms with Crippen molar-refractivity contribution in [1.29, 1.82) is 0 Å². The number of ketones is 1. The maximum Gasteiger partial charge on any atom is 0.300 e. The molecule has 1 fully saturated rings. The van der Waals surface area contributed by atoms with Crippen LogP contribution in [-0.2, 0) is 9.59 Å². The molecule has 0 radical (unpaired) electrons. The third-order valence-electron chi connectivity index (χ3n) is 5.34. The normalized spacial score (nSPS) is 17.5. The SMILES string of the molecule is COc1ccc(N2C(=O)C(=O)/C(=C(\O)c3cccc(OC)c3)C2c2ccccc2F)cc1. The highest BCUT2D eigenvalue weighted by Crippen LogP contribution is 2.43. The van der Waals surface area contributed by atoms with Crippen LogP contribution in [0.25, 0.3) is 5.76 Å². The molecule has 3 aromatic rings. The summed E-state index contributed by atoms with van der Waals surface area (Å²) >= 11 is 0. The largest absolute Gasteiger partial charge is 0.507 e. The number of aliphatic hydroxyl groups excluding tert-OH is 1. The van der Waals surface area contributed by atoms with E-state index in [0.717, 1.165) is 0 Å². The summed E-state index contributed by atoms with van der Waals surface area (Å²) in [5.74, 6) is -1.77. The zero-order valence-corrected chi connectivity index (χ0v) is 17.4. The second-order valence-corrected chi connectivity index (χ2v) is 7.12. The Morgan fingerprint density at radius 2 is 1.59 bits per heavy atom. The van der Waals surface area contributed by atoms with E-state index in [4.69, 9.17) is 9.47 Å². The van der Waals surface area contributed by atoms with Gasteiger partial charge in [-0.3, -0.25) is 14.5 Å². The van der Waals surface area contributed by atoms with Crippen LogP contribution in [0.4, 0.5) is 10.1 Å². The third-order valence-corrected chi connectivity index (χ3v) is 5.34. The summed E-state index contributed by atoms with van der Waals surface area (Å²) in [5, 5.41) is 11.1. The first-order valence-electron chi connectivity index (χ1n) is 9.80. The first kappa shape index (κ1) is 21.1. The molecule has 0 spiro atoms. The lowest BCUT2D eigenvalue weighted by atomic mass is 9.94. The molecule has 4 rings (SSSR count). The van der Waals surface area contributed by atoms with Gasteiger partial charge in [0.15, 0.2) is 0 Å². The molecule has 1 unspecified atom stereocenters. The van der Waals surface area contributed by atoms with Gasteiger partial charge < -0.3 is 14.6 Å². The maximum atomic E-state index is 14.9. The van der Waals surface area contributed by atoms with E-state index >= 15 is 0 Å². The smallest absolute Gasteiger partial charge is 0.300 e. The minimum atomic E-state index is -1.16. The summed E-state index contributed by atoms with van der Waals surface area (Å²) in [6, 6.07) is 17.6. The summed E-state index contributed by atoms with van der Waals surface area (Å²) in [4.78, 5) is 27.4. The van der Waals surface area contributed by atoms with Crippen molar-refractivity contribution >= 4 is 23.1 Å². The molecule has 1 saturated heterocycles. The number of halogens is 1. The fraction of sp³-hybridized carbons (Fsp3) is 0.120. The van der Waals surface area contributed by atoms with Gasteiger partial charge in [0, 0.05) is 16.8 Å². The van der Waals surface area contributed by atoms with Gasteiger partial charge >= 0.3 is 0 Å². The van der Waals surface area contributed by atoms with Gasteiger partial charge in [-0.05, 0) is 42.5 Å². The molecule has 0 aromatic heterocycles. The first-order valence-corrected chi connectivity index (χ1v) is 9.80. The maximum absolute atomic E-state index is 14.9. The summed E-state index contributed by atoms with van der Waals surface area (Å²) in [6.07, 6.45) is 0. The Balaban J connectivity index is 1.94. The Hall–Kier alpha value is -4.13. The Morgan fingerprint density at radius 3 is 2.25 bits per heavy atom. The second-order valence-electron chi connectivity index (χ2n) is 7.12. The van der Waals surface area contributed by atoms with E-state index in [2.05, 4.69) is 0 Å². The number of amides is 1. The number of anilines is 1. The highest BCUT2D eigenvalue weighted by Gasteiger charge is 2.47. The number of carbonyl (C=O) groups excluding carboxylic acids is 2. The standard InChI is InChI=1S/C25H20FNO5/c1-31-17-12-10-16(11-13-17)27-22(19-8-3-4-9-20(19)26)21(24(29)25(27)30)23(28)15-6-5-7-18(14-15)32-2/h3-14,22,28H,1-2H3/b23-21-. The van der Waals surface area contributed by atoms with Gasteiger partial charge in [0.05, 0.1) is 25.8 Å². The molecule has 1 N–H and O–H groups in total. The highest BCUT2D eigenvalue weighted by molar-refractivity contribution is 6.51. The predicted octanol–water partition coefficient (Wildman–Crippen LogP) is 4.47. The molecule has 7 heteroatoms. The van der Waals surface area contributed by atoms with Crippen molar-refractivity contribution in [3.8, 4) is 11.5 Å². The number of carbonyl (C=O) groups is 2. The number of hydrogen-bond acceptors (Lipinski definition) is 5. The molecule has 1 amide bonds. The van der Waals surface area contributed by atoms with E-state index in [-0.39, 0.29) is 16.7 Å². The molecule has 6 nitrogen and oxygen atoms in total. The molecule has 32 heavy (non-hydrogen) atoms. The molecule has 162 valence electrons. The van der Waals surface area contributed by atoms with Gasteiger partial charge in [-0.25, -0.2) is 4.39 Å². The Bertz CT molecular complexity index is 1220. The number of benzene rings is 3. The van der Waals surface area contributed by atoms with Crippen LogP contribution < -0.4 is 14.4 Å². The molecule has 0 bridgehead atoms. The molecule has 0 aliphatic carbocycles. The van der Waals surface area contributed by atoms with Crippen LogP contribution in [0, 0.1) is 5.82 Å². The van der Waals surface area contributed by atoms with Crippen LogP contribution in [-0.4, -0.2) is 31.0 Å². The van der Waals surface area contributed by atoms with Crippen LogP contribution in [0.5, 0.6) is 11.5 Å². The van der Waals surface area contributed by atoms with E-state index in [1.54, 1.807) is 48.5 Å². The van der Waals surface area contributed by atoms with E-state index < -0.39 is 29.3 Å². The summed E-state index contributed by atoms with van der Waals surface area (Å²) in [7, 11) is 2.98.